The van der Waals surface area contributed by atoms with Crippen molar-refractivity contribution in [1.82, 2.24) is 19.7 Å². The number of aliphatic carboxylic acids is 2. The van der Waals surface area contributed by atoms with Gasteiger partial charge in [0.05, 0.1) is 24.1 Å². The number of thioether (sulfide) groups is 1. The Hall–Kier alpha value is -2.85. The van der Waals surface area contributed by atoms with E-state index in [1.54, 1.807) is 6.20 Å². The van der Waals surface area contributed by atoms with E-state index in [9.17, 15) is 26.3 Å². The van der Waals surface area contributed by atoms with Crippen LogP contribution >= 0.6 is 11.8 Å². The van der Waals surface area contributed by atoms with Gasteiger partial charge in [0.2, 0.25) is 0 Å². The fourth-order valence-electron chi connectivity index (χ4n) is 3.75. The molecule has 212 valence electrons. The van der Waals surface area contributed by atoms with Crippen LogP contribution in [0.2, 0.25) is 0 Å². The molecule has 1 atom stereocenters. The number of alkyl halides is 6. The first kappa shape index (κ1) is 31.4. The van der Waals surface area contributed by atoms with Crippen LogP contribution in [0.15, 0.2) is 30.6 Å². The lowest BCUT2D eigenvalue weighted by atomic mass is 9.93. The second-order valence-electron chi connectivity index (χ2n) is 8.64. The largest absolute Gasteiger partial charge is 0.490 e. The van der Waals surface area contributed by atoms with Crippen molar-refractivity contribution in [3.05, 3.63) is 47.5 Å². The van der Waals surface area contributed by atoms with Crippen molar-refractivity contribution in [3.63, 3.8) is 0 Å². The molecule has 2 fully saturated rings. The van der Waals surface area contributed by atoms with Crippen molar-refractivity contribution in [2.75, 3.05) is 18.8 Å². The van der Waals surface area contributed by atoms with Gasteiger partial charge in [-0.1, -0.05) is 6.07 Å². The van der Waals surface area contributed by atoms with Gasteiger partial charge in [-0.3, -0.25) is 14.6 Å². The predicted octanol–water partition coefficient (Wildman–Crippen LogP) is 3.67. The molecule has 2 aromatic rings. The Kier molecular flexibility index (Phi) is 10.6. The second kappa shape index (κ2) is 12.8. The van der Waals surface area contributed by atoms with Crippen molar-refractivity contribution in [3.8, 4) is 0 Å². The zero-order valence-electron chi connectivity index (χ0n) is 20.3. The highest BCUT2D eigenvalue weighted by molar-refractivity contribution is 8.01. The summed E-state index contributed by atoms with van der Waals surface area (Å²) in [4.78, 5) is 24.5. The number of carboxylic acid groups (broad SMARTS) is 2. The number of hydrogen-bond donors (Lipinski definition) is 2. The number of rotatable bonds is 5. The molecule has 0 saturated carbocycles. The molecule has 2 aromatic heterocycles. The normalized spacial score (nSPS) is 18.6. The van der Waals surface area contributed by atoms with E-state index < -0.39 is 24.3 Å². The fraction of sp³-hybridized carbons (Fsp3) is 0.545. The van der Waals surface area contributed by atoms with Gasteiger partial charge in [-0.05, 0) is 31.0 Å². The number of carbonyl (C=O) groups is 2. The van der Waals surface area contributed by atoms with E-state index in [-0.39, 0.29) is 0 Å². The molecule has 4 heterocycles. The summed E-state index contributed by atoms with van der Waals surface area (Å²) in [6.07, 6.45) is -4.94. The molecule has 9 nitrogen and oxygen atoms in total. The lowest BCUT2D eigenvalue weighted by Crippen LogP contribution is -2.58. The number of aryl methyl sites for hydroxylation is 2. The standard InChI is InChI=1S/C18H24N4OS.2C2HF3O2/c1-14-6-16(21(2)20-14)9-22-12-18(13-22)7-17(11-24-18)23-10-15-4-3-5-19-8-15;2*3-2(4,5)1(6)7/h3-6,8,17H,7,9-13H2,1-2H3;2*(H,6,7). The summed E-state index contributed by atoms with van der Waals surface area (Å²) in [6.45, 7) is 6.05. The minimum Gasteiger partial charge on any atom is -0.475 e. The minimum absolute atomic E-state index is 0.372. The van der Waals surface area contributed by atoms with Crippen LogP contribution in [0.25, 0.3) is 0 Å². The average molecular weight is 573 g/mol. The predicted molar refractivity (Wildman–Crippen MR) is 123 cm³/mol. The number of aromatic nitrogens is 3. The van der Waals surface area contributed by atoms with Gasteiger partial charge in [-0.2, -0.15) is 31.4 Å². The molecule has 4 rings (SSSR count). The smallest absolute Gasteiger partial charge is 0.475 e. The van der Waals surface area contributed by atoms with E-state index in [4.69, 9.17) is 24.5 Å². The third kappa shape index (κ3) is 9.79. The first-order valence-electron chi connectivity index (χ1n) is 11.0. The van der Waals surface area contributed by atoms with Gasteiger partial charge >= 0.3 is 24.3 Å². The molecule has 0 bridgehead atoms. The van der Waals surface area contributed by atoms with Crippen molar-refractivity contribution in [1.29, 1.82) is 0 Å². The van der Waals surface area contributed by atoms with Crippen LogP contribution in [0.4, 0.5) is 26.3 Å². The van der Waals surface area contributed by atoms with Gasteiger partial charge in [-0.25, -0.2) is 9.59 Å². The zero-order chi connectivity index (χ0) is 28.7. The summed E-state index contributed by atoms with van der Waals surface area (Å²) in [5, 5.41) is 18.7. The highest BCUT2D eigenvalue weighted by Gasteiger charge is 2.49. The van der Waals surface area contributed by atoms with Crippen LogP contribution in [0.3, 0.4) is 0 Å². The lowest BCUT2D eigenvalue weighted by molar-refractivity contribution is -0.193. The van der Waals surface area contributed by atoms with Crippen LogP contribution in [-0.4, -0.2) is 83.9 Å². The molecular weight excluding hydrogens is 546 g/mol. The quantitative estimate of drug-likeness (QED) is 0.518. The van der Waals surface area contributed by atoms with Crippen LogP contribution in [0.5, 0.6) is 0 Å². The molecule has 16 heteroatoms. The first-order valence-corrected chi connectivity index (χ1v) is 12.0. The van der Waals surface area contributed by atoms with Crippen molar-refractivity contribution in [2.45, 2.75) is 49.7 Å². The maximum Gasteiger partial charge on any atom is 0.490 e. The summed E-state index contributed by atoms with van der Waals surface area (Å²) in [5.41, 5.74) is 3.56. The fourth-order valence-corrected chi connectivity index (χ4v) is 5.35. The van der Waals surface area contributed by atoms with E-state index >= 15 is 0 Å². The van der Waals surface area contributed by atoms with E-state index in [2.05, 4.69) is 45.8 Å². The van der Waals surface area contributed by atoms with E-state index in [1.807, 2.05) is 24.0 Å². The Morgan fingerprint density at radius 2 is 1.74 bits per heavy atom. The van der Waals surface area contributed by atoms with Crippen LogP contribution in [-0.2, 0) is 34.5 Å². The number of nitrogens with zero attached hydrogens (tertiary/aromatic N) is 4. The number of halogens is 6. The highest BCUT2D eigenvalue weighted by Crippen LogP contribution is 2.46. The number of likely N-dealkylation sites (tertiary alicyclic amines) is 1. The highest BCUT2D eigenvalue weighted by atomic mass is 32.2. The Bertz CT molecular complexity index is 1050. The van der Waals surface area contributed by atoms with Gasteiger partial charge < -0.3 is 14.9 Å². The molecule has 2 aliphatic rings. The maximum absolute atomic E-state index is 10.6. The van der Waals surface area contributed by atoms with Gasteiger partial charge in [-0.15, -0.1) is 11.8 Å². The molecule has 0 radical (unpaired) electrons. The summed E-state index contributed by atoms with van der Waals surface area (Å²) in [5.74, 6) is -4.40. The Morgan fingerprint density at radius 1 is 1.16 bits per heavy atom. The monoisotopic (exact) mass is 572 g/mol. The summed E-state index contributed by atoms with van der Waals surface area (Å²) < 4.78 is 72.0. The Morgan fingerprint density at radius 3 is 2.18 bits per heavy atom. The molecule has 1 spiro atoms. The molecule has 0 amide bonds. The molecular formula is C22H26F6N4O5S. The molecule has 1 unspecified atom stereocenters. The van der Waals surface area contributed by atoms with Gasteiger partial charge in [0, 0.05) is 49.6 Å². The number of pyridine rings is 1. The average Bonchev–Trinajstić information content (AvgIpc) is 3.35. The topological polar surface area (TPSA) is 118 Å². The Balaban J connectivity index is 0.000000301. The first-order chi connectivity index (χ1) is 17.5. The summed E-state index contributed by atoms with van der Waals surface area (Å²) >= 11 is 2.09. The second-order valence-corrected chi connectivity index (χ2v) is 10.1. The Labute approximate surface area is 217 Å². The van der Waals surface area contributed by atoms with Gasteiger partial charge in [0.15, 0.2) is 0 Å². The lowest BCUT2D eigenvalue weighted by Gasteiger charge is -2.47. The summed E-state index contributed by atoms with van der Waals surface area (Å²) in [7, 11) is 2.03. The van der Waals surface area contributed by atoms with Crippen molar-refractivity contribution >= 4 is 23.7 Å². The van der Waals surface area contributed by atoms with Crippen LogP contribution in [0, 0.1) is 6.92 Å². The number of carboxylic acids is 2. The summed E-state index contributed by atoms with van der Waals surface area (Å²) in [6, 6.07) is 6.23. The molecule has 38 heavy (non-hydrogen) atoms. The number of ether oxygens (including phenoxy) is 1. The SMILES string of the molecule is Cc1cc(CN2CC3(CC(OCc4cccnc4)CS3)C2)n(C)n1.O=C(O)C(F)(F)F.O=C(O)C(F)(F)F. The van der Waals surface area contributed by atoms with Gasteiger partial charge in [0.25, 0.3) is 0 Å². The third-order valence-corrected chi connectivity index (χ3v) is 6.95. The number of hydrogen-bond acceptors (Lipinski definition) is 7. The zero-order valence-corrected chi connectivity index (χ0v) is 21.1. The molecule has 0 aliphatic carbocycles. The van der Waals surface area contributed by atoms with E-state index in [0.717, 1.165) is 36.6 Å². The van der Waals surface area contributed by atoms with Crippen LogP contribution in [0.1, 0.15) is 23.4 Å². The van der Waals surface area contributed by atoms with Crippen molar-refractivity contribution < 1.29 is 50.9 Å². The maximum atomic E-state index is 10.6. The van der Waals surface area contributed by atoms with Crippen LogP contribution < -0.4 is 0 Å². The molecule has 2 saturated heterocycles. The minimum atomic E-state index is -5.08. The van der Waals surface area contributed by atoms with E-state index in [0.29, 0.717) is 17.5 Å². The molecule has 2 N–H and O–H groups in total. The van der Waals surface area contributed by atoms with Crippen molar-refractivity contribution in [2.24, 2.45) is 7.05 Å². The molecule has 2 aliphatic heterocycles. The molecule has 0 aromatic carbocycles. The third-order valence-electron chi connectivity index (χ3n) is 5.38. The van der Waals surface area contributed by atoms with E-state index in [1.165, 1.54) is 12.1 Å². The van der Waals surface area contributed by atoms with Gasteiger partial charge in [0.1, 0.15) is 0 Å².